The molecule has 1 saturated heterocycles. The molecule has 2 heterocycles. The third-order valence-corrected chi connectivity index (χ3v) is 4.18. The number of hydrogen-bond donors (Lipinski definition) is 1. The lowest BCUT2D eigenvalue weighted by molar-refractivity contribution is 0.00845. The van der Waals surface area contributed by atoms with Gasteiger partial charge in [-0.05, 0) is 37.9 Å². The van der Waals surface area contributed by atoms with E-state index in [1.807, 2.05) is 17.0 Å². The van der Waals surface area contributed by atoms with Gasteiger partial charge in [-0.2, -0.15) is 4.98 Å². The zero-order valence-electron chi connectivity index (χ0n) is 13.6. The topological polar surface area (TPSA) is 94.5 Å². The van der Waals surface area contributed by atoms with Gasteiger partial charge in [-0.15, -0.1) is 0 Å². The summed E-state index contributed by atoms with van der Waals surface area (Å²) in [5.74, 6) is 0.569. The fourth-order valence-corrected chi connectivity index (χ4v) is 2.80. The predicted octanol–water partition coefficient (Wildman–Crippen LogP) is 1.71. The lowest BCUT2D eigenvalue weighted by atomic mass is 10.1. The summed E-state index contributed by atoms with van der Waals surface area (Å²) in [6.07, 6.45) is 4.15. The highest BCUT2D eigenvalue weighted by molar-refractivity contribution is 5.94. The summed E-state index contributed by atoms with van der Waals surface area (Å²) in [5.41, 5.74) is 6.96. The van der Waals surface area contributed by atoms with Crippen molar-refractivity contribution in [2.75, 3.05) is 26.2 Å². The smallest absolute Gasteiger partial charge is 0.253 e. The summed E-state index contributed by atoms with van der Waals surface area (Å²) in [7, 11) is 0. The Labute approximate surface area is 140 Å². The number of nitrogens with two attached hydrogens (primary N) is 1. The molecule has 0 spiro atoms. The molecule has 0 atom stereocenters. The van der Waals surface area contributed by atoms with Crippen LogP contribution < -0.4 is 5.73 Å². The van der Waals surface area contributed by atoms with Crippen molar-refractivity contribution in [3.63, 3.8) is 0 Å². The first-order chi connectivity index (χ1) is 11.8. The van der Waals surface area contributed by atoms with Gasteiger partial charge in [-0.3, -0.25) is 4.79 Å². The van der Waals surface area contributed by atoms with Gasteiger partial charge < -0.3 is 19.9 Å². The first-order valence-electron chi connectivity index (χ1n) is 8.25. The van der Waals surface area contributed by atoms with E-state index >= 15 is 0 Å². The third kappa shape index (κ3) is 3.98. The van der Waals surface area contributed by atoms with Crippen LogP contribution >= 0.6 is 0 Å². The average Bonchev–Trinajstić information content (AvgIpc) is 3.17. The van der Waals surface area contributed by atoms with Crippen molar-refractivity contribution in [2.24, 2.45) is 5.73 Å². The van der Waals surface area contributed by atoms with Gasteiger partial charge >= 0.3 is 0 Å². The van der Waals surface area contributed by atoms with Gasteiger partial charge in [0.25, 0.3) is 5.91 Å². The summed E-state index contributed by atoms with van der Waals surface area (Å²) >= 11 is 0. The maximum atomic E-state index is 12.6. The zero-order valence-corrected chi connectivity index (χ0v) is 13.6. The van der Waals surface area contributed by atoms with Crippen molar-refractivity contribution < 1.29 is 14.1 Å². The van der Waals surface area contributed by atoms with E-state index in [1.54, 1.807) is 12.1 Å². The number of hydrogen-bond acceptors (Lipinski definition) is 6. The Balaban J connectivity index is 1.54. The van der Waals surface area contributed by atoms with Crippen LogP contribution in [0.2, 0.25) is 0 Å². The molecule has 0 bridgehead atoms. The fraction of sp³-hybridized carbons (Fsp3) is 0.471. The van der Waals surface area contributed by atoms with E-state index < -0.39 is 0 Å². The standard InChI is InChI=1S/C17H22N4O3/c18-8-1-11-23-15-6-9-21(10-7-15)17(22)14-4-2-13(3-5-14)16-19-12-24-20-16/h2-5,12,15H,1,6-11,18H2. The molecule has 0 unspecified atom stereocenters. The maximum absolute atomic E-state index is 12.6. The van der Waals surface area contributed by atoms with E-state index in [1.165, 1.54) is 6.39 Å². The van der Waals surface area contributed by atoms with E-state index in [0.717, 1.165) is 37.9 Å². The Hall–Kier alpha value is -2.25. The van der Waals surface area contributed by atoms with Crippen molar-refractivity contribution >= 4 is 5.91 Å². The molecule has 7 heteroatoms. The highest BCUT2D eigenvalue weighted by atomic mass is 16.5. The molecule has 1 amide bonds. The number of carbonyl (C=O) groups is 1. The van der Waals surface area contributed by atoms with Crippen LogP contribution in [-0.2, 0) is 4.74 Å². The van der Waals surface area contributed by atoms with Crippen LogP contribution in [0.15, 0.2) is 35.2 Å². The van der Waals surface area contributed by atoms with Gasteiger partial charge in [0.2, 0.25) is 12.2 Å². The lowest BCUT2D eigenvalue weighted by Gasteiger charge is -2.32. The molecule has 1 fully saturated rings. The molecule has 2 N–H and O–H groups in total. The molecule has 1 aliphatic rings. The summed E-state index contributed by atoms with van der Waals surface area (Å²) in [6, 6.07) is 7.28. The van der Waals surface area contributed by atoms with Crippen LogP contribution in [0.4, 0.5) is 0 Å². The van der Waals surface area contributed by atoms with Crippen LogP contribution in [0.1, 0.15) is 29.6 Å². The molecular weight excluding hydrogens is 308 g/mol. The Kier molecular flexibility index (Phi) is 5.55. The molecule has 0 radical (unpaired) electrons. The highest BCUT2D eigenvalue weighted by Crippen LogP contribution is 2.19. The lowest BCUT2D eigenvalue weighted by Crippen LogP contribution is -2.41. The van der Waals surface area contributed by atoms with E-state index in [9.17, 15) is 4.79 Å². The van der Waals surface area contributed by atoms with Crippen LogP contribution in [-0.4, -0.2) is 53.3 Å². The van der Waals surface area contributed by atoms with Crippen LogP contribution in [0.3, 0.4) is 0 Å². The molecule has 24 heavy (non-hydrogen) atoms. The second kappa shape index (κ2) is 8.03. The first-order valence-corrected chi connectivity index (χ1v) is 8.25. The number of piperidine rings is 1. The number of likely N-dealkylation sites (tertiary alicyclic amines) is 1. The monoisotopic (exact) mass is 330 g/mol. The summed E-state index contributed by atoms with van der Waals surface area (Å²) < 4.78 is 10.5. The number of rotatable bonds is 6. The molecule has 1 aliphatic heterocycles. The van der Waals surface area contributed by atoms with E-state index in [0.29, 0.717) is 24.5 Å². The van der Waals surface area contributed by atoms with Gasteiger partial charge in [0.15, 0.2) is 0 Å². The molecule has 128 valence electrons. The molecular formula is C17H22N4O3. The Morgan fingerprint density at radius 3 is 2.67 bits per heavy atom. The molecule has 0 saturated carbocycles. The predicted molar refractivity (Wildman–Crippen MR) is 88.3 cm³/mol. The highest BCUT2D eigenvalue weighted by Gasteiger charge is 2.24. The average molecular weight is 330 g/mol. The minimum atomic E-state index is 0.0510. The SMILES string of the molecule is NCCCOC1CCN(C(=O)c2ccc(-c3ncon3)cc2)CC1. The van der Waals surface area contributed by atoms with Gasteiger partial charge in [0, 0.05) is 30.8 Å². The minimum Gasteiger partial charge on any atom is -0.378 e. The number of carbonyl (C=O) groups excluding carboxylic acids is 1. The summed E-state index contributed by atoms with van der Waals surface area (Å²) in [4.78, 5) is 18.5. The first kappa shape index (κ1) is 16.6. The number of aromatic nitrogens is 2. The molecule has 2 aromatic rings. The zero-order chi connectivity index (χ0) is 16.8. The van der Waals surface area contributed by atoms with E-state index in [2.05, 4.69) is 10.1 Å². The maximum Gasteiger partial charge on any atom is 0.253 e. The van der Waals surface area contributed by atoms with Crippen LogP contribution in [0.25, 0.3) is 11.4 Å². The molecule has 1 aromatic carbocycles. The minimum absolute atomic E-state index is 0.0510. The molecule has 0 aliphatic carbocycles. The van der Waals surface area contributed by atoms with Crippen molar-refractivity contribution in [1.82, 2.24) is 15.0 Å². The molecule has 1 aromatic heterocycles. The van der Waals surface area contributed by atoms with Crippen LogP contribution in [0.5, 0.6) is 0 Å². The summed E-state index contributed by atoms with van der Waals surface area (Å²) in [5, 5.41) is 3.79. The Bertz CT molecular complexity index is 634. The van der Waals surface area contributed by atoms with Gasteiger partial charge in [0.05, 0.1) is 6.10 Å². The number of amides is 1. The Morgan fingerprint density at radius 2 is 2.04 bits per heavy atom. The number of benzene rings is 1. The number of ether oxygens (including phenoxy) is 1. The van der Waals surface area contributed by atoms with E-state index in [-0.39, 0.29) is 12.0 Å². The van der Waals surface area contributed by atoms with Crippen molar-refractivity contribution in [3.8, 4) is 11.4 Å². The normalized spacial score (nSPS) is 15.6. The largest absolute Gasteiger partial charge is 0.378 e. The third-order valence-electron chi connectivity index (χ3n) is 4.18. The molecule has 7 nitrogen and oxygen atoms in total. The quantitative estimate of drug-likeness (QED) is 0.810. The van der Waals surface area contributed by atoms with Crippen molar-refractivity contribution in [1.29, 1.82) is 0 Å². The Morgan fingerprint density at radius 1 is 1.29 bits per heavy atom. The van der Waals surface area contributed by atoms with E-state index in [4.69, 9.17) is 15.0 Å². The fourth-order valence-electron chi connectivity index (χ4n) is 2.80. The van der Waals surface area contributed by atoms with Crippen LogP contribution in [0, 0.1) is 0 Å². The van der Waals surface area contributed by atoms with Gasteiger partial charge in [-0.25, -0.2) is 0 Å². The van der Waals surface area contributed by atoms with Crippen molar-refractivity contribution in [2.45, 2.75) is 25.4 Å². The van der Waals surface area contributed by atoms with Crippen molar-refractivity contribution in [3.05, 3.63) is 36.2 Å². The second-order valence-electron chi connectivity index (χ2n) is 5.84. The number of nitrogens with zero attached hydrogens (tertiary/aromatic N) is 3. The summed E-state index contributed by atoms with van der Waals surface area (Å²) in [6.45, 7) is 2.79. The molecule has 3 rings (SSSR count). The van der Waals surface area contributed by atoms with Gasteiger partial charge in [0.1, 0.15) is 0 Å². The second-order valence-corrected chi connectivity index (χ2v) is 5.84. The van der Waals surface area contributed by atoms with Gasteiger partial charge in [-0.1, -0.05) is 17.3 Å².